The molecule has 0 bridgehead atoms. The Morgan fingerprint density at radius 2 is 1.94 bits per heavy atom. The third kappa shape index (κ3) is 2.89. The van der Waals surface area contributed by atoms with E-state index in [1.165, 1.54) is 24.3 Å². The van der Waals surface area contributed by atoms with Gasteiger partial charge in [0.2, 0.25) is 0 Å². The van der Waals surface area contributed by atoms with Crippen LogP contribution in [0, 0.1) is 11.3 Å². The van der Waals surface area contributed by atoms with Crippen molar-refractivity contribution in [3.8, 4) is 6.07 Å². The first-order chi connectivity index (χ1) is 7.45. The molecule has 1 N–H and O–H groups in total. The summed E-state index contributed by atoms with van der Waals surface area (Å²) in [6, 6.07) is 7.69. The van der Waals surface area contributed by atoms with Crippen molar-refractivity contribution in [1.29, 1.82) is 5.26 Å². The highest BCUT2D eigenvalue weighted by Gasteiger charge is 2.35. The summed E-state index contributed by atoms with van der Waals surface area (Å²) in [5.74, 6) is -6.08. The van der Waals surface area contributed by atoms with Crippen molar-refractivity contribution in [3.63, 3.8) is 0 Å². The molecule has 0 aliphatic rings. The van der Waals surface area contributed by atoms with Gasteiger partial charge in [0.1, 0.15) is 0 Å². The van der Waals surface area contributed by atoms with Crippen LogP contribution in [-0.4, -0.2) is 17.0 Å². The average Bonchev–Trinajstić information content (AvgIpc) is 2.27. The van der Waals surface area contributed by atoms with Gasteiger partial charge < -0.3 is 5.11 Å². The summed E-state index contributed by atoms with van der Waals surface area (Å²) in [6.45, 7) is 0. The van der Waals surface area contributed by atoms with Gasteiger partial charge >= 0.3 is 11.9 Å². The molecule has 0 fully saturated rings. The Balaban J connectivity index is 2.85. The van der Waals surface area contributed by atoms with Crippen molar-refractivity contribution in [3.05, 3.63) is 41.5 Å². The number of carboxylic acids is 1. The van der Waals surface area contributed by atoms with E-state index in [2.05, 4.69) is 0 Å². The topological polar surface area (TPSA) is 61.1 Å². The minimum absolute atomic E-state index is 0.302. The number of nitriles is 1. The summed E-state index contributed by atoms with van der Waals surface area (Å²) in [6.07, 6.45) is 1.30. The van der Waals surface area contributed by atoms with Crippen LogP contribution in [-0.2, 0) is 4.79 Å². The summed E-state index contributed by atoms with van der Waals surface area (Å²) in [7, 11) is 0. The number of benzene rings is 1. The first-order valence-corrected chi connectivity index (χ1v) is 4.26. The third-order valence-corrected chi connectivity index (χ3v) is 1.81. The van der Waals surface area contributed by atoms with E-state index in [1.807, 2.05) is 6.07 Å². The predicted octanol–water partition coefficient (Wildman–Crippen LogP) is 2.29. The van der Waals surface area contributed by atoms with E-state index >= 15 is 0 Å². The van der Waals surface area contributed by atoms with Gasteiger partial charge in [0.25, 0.3) is 0 Å². The van der Waals surface area contributed by atoms with Crippen molar-refractivity contribution in [1.82, 2.24) is 0 Å². The average molecular weight is 223 g/mol. The molecule has 5 heteroatoms. The molecule has 1 rings (SSSR count). The van der Waals surface area contributed by atoms with Crippen LogP contribution in [0.15, 0.2) is 30.3 Å². The van der Waals surface area contributed by atoms with Crippen LogP contribution in [0.4, 0.5) is 8.78 Å². The Kier molecular flexibility index (Phi) is 3.36. The summed E-state index contributed by atoms with van der Waals surface area (Å²) in [5, 5.41) is 16.7. The largest absolute Gasteiger partial charge is 0.477 e. The highest BCUT2D eigenvalue weighted by Crippen LogP contribution is 2.17. The monoisotopic (exact) mass is 223 g/mol. The van der Waals surface area contributed by atoms with Gasteiger partial charge in [-0.15, -0.1) is 0 Å². The molecule has 0 unspecified atom stereocenters. The molecule has 82 valence electrons. The molecule has 3 nitrogen and oxygen atoms in total. The summed E-state index contributed by atoms with van der Waals surface area (Å²) < 4.78 is 25.3. The Bertz CT molecular complexity index is 458. The molecule has 0 aliphatic carbocycles. The summed E-state index contributed by atoms with van der Waals surface area (Å²) >= 11 is 0. The molecule has 0 aliphatic heterocycles. The molecule has 16 heavy (non-hydrogen) atoms. The van der Waals surface area contributed by atoms with Crippen LogP contribution in [0.3, 0.4) is 0 Å². The molecule has 0 saturated heterocycles. The van der Waals surface area contributed by atoms with Crippen molar-refractivity contribution < 1.29 is 18.7 Å². The quantitative estimate of drug-likeness (QED) is 0.855. The maximum Gasteiger partial charge on any atom is 0.378 e. The zero-order valence-corrected chi connectivity index (χ0v) is 8.02. The number of halogens is 2. The van der Waals surface area contributed by atoms with Crippen molar-refractivity contribution in [2.75, 3.05) is 0 Å². The fourth-order valence-electron chi connectivity index (χ4n) is 0.941. The molecule has 0 atom stereocenters. The molecule has 0 heterocycles. The minimum Gasteiger partial charge on any atom is -0.477 e. The third-order valence-electron chi connectivity index (χ3n) is 1.81. The molecule has 1 aromatic carbocycles. The number of hydrogen-bond donors (Lipinski definition) is 1. The van der Waals surface area contributed by atoms with Crippen molar-refractivity contribution in [2.45, 2.75) is 5.92 Å². The van der Waals surface area contributed by atoms with Crippen LogP contribution >= 0.6 is 0 Å². The molecule has 1 aromatic rings. The fraction of sp³-hybridized carbons (Fsp3) is 0.0909. The molecular weight excluding hydrogens is 216 g/mol. The second kappa shape index (κ2) is 4.53. The lowest BCUT2D eigenvalue weighted by Crippen LogP contribution is -2.24. The molecule has 0 spiro atoms. The van der Waals surface area contributed by atoms with Gasteiger partial charge in [-0.3, -0.25) is 0 Å². The lowest BCUT2D eigenvalue weighted by atomic mass is 10.1. The van der Waals surface area contributed by atoms with E-state index < -0.39 is 11.9 Å². The maximum absolute atomic E-state index is 12.6. The zero-order chi connectivity index (χ0) is 12.2. The van der Waals surface area contributed by atoms with Gasteiger partial charge in [-0.2, -0.15) is 14.0 Å². The Morgan fingerprint density at radius 3 is 2.38 bits per heavy atom. The second-order valence-corrected chi connectivity index (χ2v) is 3.00. The van der Waals surface area contributed by atoms with Crippen LogP contribution in [0.5, 0.6) is 0 Å². The standard InChI is InChI=1S/C11H7F2NO2/c12-11(13,10(15)16)6-5-8-1-3-9(7-14)4-2-8/h1-6H,(H,15,16)/b6-5+. The lowest BCUT2D eigenvalue weighted by Gasteiger charge is -2.03. The lowest BCUT2D eigenvalue weighted by molar-refractivity contribution is -0.157. The number of carboxylic acid groups (broad SMARTS) is 1. The van der Waals surface area contributed by atoms with Crippen molar-refractivity contribution in [2.24, 2.45) is 0 Å². The number of aliphatic carboxylic acids is 1. The zero-order valence-electron chi connectivity index (χ0n) is 8.02. The molecule has 0 saturated carbocycles. The second-order valence-electron chi connectivity index (χ2n) is 3.00. The van der Waals surface area contributed by atoms with E-state index in [-0.39, 0.29) is 0 Å². The van der Waals surface area contributed by atoms with Gasteiger partial charge in [-0.25, -0.2) is 4.79 Å². The van der Waals surface area contributed by atoms with Gasteiger partial charge in [0, 0.05) is 0 Å². The maximum atomic E-state index is 12.6. The summed E-state index contributed by atoms with van der Waals surface area (Å²) in [4.78, 5) is 10.1. The van der Waals surface area contributed by atoms with E-state index in [1.54, 1.807) is 0 Å². The van der Waals surface area contributed by atoms with Gasteiger partial charge in [0.15, 0.2) is 0 Å². The van der Waals surface area contributed by atoms with E-state index in [0.717, 1.165) is 6.08 Å². The van der Waals surface area contributed by atoms with Crippen LogP contribution in [0.2, 0.25) is 0 Å². The normalized spacial score (nSPS) is 11.3. The minimum atomic E-state index is -3.88. The van der Waals surface area contributed by atoms with Gasteiger partial charge in [-0.05, 0) is 23.8 Å². The molecule has 0 radical (unpaired) electrons. The number of nitrogens with zero attached hydrogens (tertiary/aromatic N) is 1. The van der Waals surface area contributed by atoms with E-state index in [4.69, 9.17) is 10.4 Å². The Labute approximate surface area is 90.2 Å². The number of carbonyl (C=O) groups is 1. The predicted molar refractivity (Wildman–Crippen MR) is 52.8 cm³/mol. The SMILES string of the molecule is N#Cc1ccc(/C=C/C(F)(F)C(=O)O)cc1. The smallest absolute Gasteiger partial charge is 0.378 e. The highest BCUT2D eigenvalue weighted by atomic mass is 19.3. The molecular formula is C11H7F2NO2. The van der Waals surface area contributed by atoms with E-state index in [9.17, 15) is 13.6 Å². The molecule has 0 amide bonds. The van der Waals surface area contributed by atoms with Gasteiger partial charge in [0.05, 0.1) is 11.6 Å². The van der Waals surface area contributed by atoms with Crippen LogP contribution in [0.25, 0.3) is 6.08 Å². The Morgan fingerprint density at radius 1 is 1.38 bits per heavy atom. The first-order valence-electron chi connectivity index (χ1n) is 4.26. The van der Waals surface area contributed by atoms with Gasteiger partial charge in [-0.1, -0.05) is 18.2 Å². The van der Waals surface area contributed by atoms with Crippen LogP contribution < -0.4 is 0 Å². The first kappa shape index (κ1) is 11.9. The van der Waals surface area contributed by atoms with Crippen molar-refractivity contribution >= 4 is 12.0 Å². The van der Waals surface area contributed by atoms with Crippen LogP contribution in [0.1, 0.15) is 11.1 Å². The Hall–Kier alpha value is -2.22. The fourth-order valence-corrected chi connectivity index (χ4v) is 0.941. The molecule has 0 aromatic heterocycles. The highest BCUT2D eigenvalue weighted by molar-refractivity contribution is 5.79. The number of alkyl halides is 2. The van der Waals surface area contributed by atoms with E-state index in [0.29, 0.717) is 17.2 Å². The number of rotatable bonds is 3. The summed E-state index contributed by atoms with van der Waals surface area (Å²) in [5.41, 5.74) is 0.807. The number of hydrogen-bond acceptors (Lipinski definition) is 2.